The van der Waals surface area contributed by atoms with Crippen molar-refractivity contribution in [1.82, 2.24) is 14.9 Å². The Kier molecular flexibility index (Phi) is 4.37. The molecule has 0 aromatic carbocycles. The van der Waals surface area contributed by atoms with E-state index in [-0.39, 0.29) is 24.4 Å². The molecule has 0 fully saturated rings. The number of hydrogen-bond acceptors (Lipinski definition) is 5. The summed E-state index contributed by atoms with van der Waals surface area (Å²) in [6.45, 7) is 4.03. The molecule has 0 aliphatic carbocycles. The van der Waals surface area contributed by atoms with Crippen LogP contribution in [-0.4, -0.2) is 44.9 Å². The van der Waals surface area contributed by atoms with Crippen LogP contribution in [0, 0.1) is 6.92 Å². The third-order valence-corrected chi connectivity index (χ3v) is 4.38. The van der Waals surface area contributed by atoms with Crippen molar-refractivity contribution < 1.29 is 14.7 Å². The summed E-state index contributed by atoms with van der Waals surface area (Å²) in [6, 6.07) is 0. The number of aromatic amines is 1. The molecule has 112 valence electrons. The molecule has 0 spiro atoms. The molecule has 2 heterocycles. The maximum Gasteiger partial charge on any atom is 0.305 e. The van der Waals surface area contributed by atoms with Crippen molar-refractivity contribution >= 4 is 33.4 Å². The average Bonchev–Trinajstić information content (AvgIpc) is 2.77. The van der Waals surface area contributed by atoms with Gasteiger partial charge in [-0.3, -0.25) is 14.4 Å². The Morgan fingerprint density at radius 3 is 2.76 bits per heavy atom. The van der Waals surface area contributed by atoms with Gasteiger partial charge in [0.1, 0.15) is 4.83 Å². The number of H-pyrrole nitrogens is 1. The van der Waals surface area contributed by atoms with E-state index in [0.29, 0.717) is 27.2 Å². The first-order valence-corrected chi connectivity index (χ1v) is 7.25. The van der Waals surface area contributed by atoms with E-state index >= 15 is 0 Å². The van der Waals surface area contributed by atoms with Crippen LogP contribution in [0.25, 0.3) is 10.2 Å². The summed E-state index contributed by atoms with van der Waals surface area (Å²) >= 11 is 1.15. The zero-order valence-corrected chi connectivity index (χ0v) is 12.5. The Bertz CT molecular complexity index is 749. The van der Waals surface area contributed by atoms with Gasteiger partial charge >= 0.3 is 5.97 Å². The van der Waals surface area contributed by atoms with E-state index in [1.807, 2.05) is 0 Å². The Balaban J connectivity index is 2.38. The lowest BCUT2D eigenvalue weighted by molar-refractivity contribution is -0.137. The number of carbonyl (C=O) groups is 2. The maximum absolute atomic E-state index is 12.5. The summed E-state index contributed by atoms with van der Waals surface area (Å²) in [5.41, 5.74) is 0.310. The number of hydrogen-bond donors (Lipinski definition) is 2. The van der Waals surface area contributed by atoms with Crippen LogP contribution in [0.1, 0.15) is 28.6 Å². The van der Waals surface area contributed by atoms with Crippen LogP contribution < -0.4 is 5.56 Å². The molecule has 2 rings (SSSR count). The number of thiophene rings is 1. The van der Waals surface area contributed by atoms with Crippen LogP contribution in [-0.2, 0) is 4.79 Å². The number of fused-ring (bicyclic) bond motifs is 1. The summed E-state index contributed by atoms with van der Waals surface area (Å²) in [5, 5.41) is 9.14. The Morgan fingerprint density at radius 2 is 2.19 bits per heavy atom. The van der Waals surface area contributed by atoms with E-state index in [0.717, 1.165) is 11.3 Å². The van der Waals surface area contributed by atoms with Gasteiger partial charge in [0.05, 0.1) is 23.0 Å². The fourth-order valence-corrected chi connectivity index (χ4v) is 3.18. The molecule has 2 aromatic heterocycles. The average molecular weight is 309 g/mol. The number of aryl methyl sites for hydroxylation is 1. The summed E-state index contributed by atoms with van der Waals surface area (Å²) in [7, 11) is 0. The van der Waals surface area contributed by atoms with Gasteiger partial charge in [-0.2, -0.15) is 0 Å². The van der Waals surface area contributed by atoms with Crippen LogP contribution in [0.15, 0.2) is 11.1 Å². The molecular formula is C13H15N3O4S. The lowest BCUT2D eigenvalue weighted by atomic mass is 10.2. The van der Waals surface area contributed by atoms with Gasteiger partial charge in [-0.1, -0.05) is 0 Å². The third-order valence-electron chi connectivity index (χ3n) is 3.19. The summed E-state index contributed by atoms with van der Waals surface area (Å²) in [4.78, 5) is 43.9. The van der Waals surface area contributed by atoms with Crippen LogP contribution in [0.5, 0.6) is 0 Å². The highest BCUT2D eigenvalue weighted by molar-refractivity contribution is 7.20. The van der Waals surface area contributed by atoms with Gasteiger partial charge in [0.2, 0.25) is 0 Å². The molecule has 0 aliphatic rings. The number of carboxylic acid groups (broad SMARTS) is 1. The molecule has 8 heteroatoms. The predicted octanol–water partition coefficient (Wildman–Crippen LogP) is 1.23. The fourth-order valence-electron chi connectivity index (χ4n) is 2.06. The third kappa shape index (κ3) is 2.94. The topological polar surface area (TPSA) is 103 Å². The molecule has 2 N–H and O–H groups in total. The molecule has 0 saturated heterocycles. The van der Waals surface area contributed by atoms with E-state index < -0.39 is 5.97 Å². The van der Waals surface area contributed by atoms with E-state index in [1.54, 1.807) is 13.8 Å². The second kappa shape index (κ2) is 6.04. The molecular weight excluding hydrogens is 294 g/mol. The molecule has 21 heavy (non-hydrogen) atoms. The minimum Gasteiger partial charge on any atom is -0.481 e. The number of aliphatic carboxylic acids is 1. The van der Waals surface area contributed by atoms with Gasteiger partial charge in [0, 0.05) is 13.1 Å². The molecule has 0 unspecified atom stereocenters. The van der Waals surface area contributed by atoms with Crippen molar-refractivity contribution in [3.63, 3.8) is 0 Å². The van der Waals surface area contributed by atoms with E-state index in [2.05, 4.69) is 9.97 Å². The Hall–Kier alpha value is -2.22. The SMILES string of the molecule is CCN(CCC(=O)O)C(=O)c1sc2nc[nH]c(=O)c2c1C. The lowest BCUT2D eigenvalue weighted by Crippen LogP contribution is -2.32. The highest BCUT2D eigenvalue weighted by atomic mass is 32.1. The van der Waals surface area contributed by atoms with Gasteiger partial charge in [-0.05, 0) is 19.4 Å². The second-order valence-corrected chi connectivity index (χ2v) is 5.50. The first-order chi connectivity index (χ1) is 9.95. The monoisotopic (exact) mass is 309 g/mol. The Labute approximate surface area is 124 Å². The minimum absolute atomic E-state index is 0.109. The van der Waals surface area contributed by atoms with Gasteiger partial charge in [-0.15, -0.1) is 11.3 Å². The molecule has 0 radical (unpaired) electrons. The van der Waals surface area contributed by atoms with Crippen LogP contribution in [0.3, 0.4) is 0 Å². The zero-order valence-electron chi connectivity index (χ0n) is 11.7. The summed E-state index contributed by atoms with van der Waals surface area (Å²) in [5.74, 6) is -1.22. The smallest absolute Gasteiger partial charge is 0.305 e. The van der Waals surface area contributed by atoms with Crippen molar-refractivity contribution in [3.05, 3.63) is 27.1 Å². The van der Waals surface area contributed by atoms with E-state index in [4.69, 9.17) is 5.11 Å². The number of rotatable bonds is 5. The van der Waals surface area contributed by atoms with Crippen molar-refractivity contribution in [2.24, 2.45) is 0 Å². The van der Waals surface area contributed by atoms with Gasteiger partial charge < -0.3 is 15.0 Å². The van der Waals surface area contributed by atoms with Crippen molar-refractivity contribution in [2.75, 3.05) is 13.1 Å². The number of amides is 1. The largest absolute Gasteiger partial charge is 0.481 e. The van der Waals surface area contributed by atoms with E-state index in [1.165, 1.54) is 11.2 Å². The lowest BCUT2D eigenvalue weighted by Gasteiger charge is -2.19. The molecule has 0 aliphatic heterocycles. The molecule has 0 atom stereocenters. The van der Waals surface area contributed by atoms with Crippen LogP contribution in [0.4, 0.5) is 0 Å². The van der Waals surface area contributed by atoms with Crippen LogP contribution in [0.2, 0.25) is 0 Å². The zero-order chi connectivity index (χ0) is 15.6. The molecule has 0 bridgehead atoms. The Morgan fingerprint density at radius 1 is 1.48 bits per heavy atom. The van der Waals surface area contributed by atoms with Crippen molar-refractivity contribution in [2.45, 2.75) is 20.3 Å². The van der Waals surface area contributed by atoms with Gasteiger partial charge in [0.25, 0.3) is 11.5 Å². The fraction of sp³-hybridized carbons (Fsp3) is 0.385. The number of carbonyl (C=O) groups excluding carboxylic acids is 1. The number of aromatic nitrogens is 2. The summed E-state index contributed by atoms with van der Waals surface area (Å²) < 4.78 is 0. The molecule has 2 aromatic rings. The van der Waals surface area contributed by atoms with Gasteiger partial charge in [-0.25, -0.2) is 4.98 Å². The van der Waals surface area contributed by atoms with Crippen LogP contribution >= 0.6 is 11.3 Å². The minimum atomic E-state index is -0.951. The number of nitrogens with zero attached hydrogens (tertiary/aromatic N) is 2. The first-order valence-electron chi connectivity index (χ1n) is 6.43. The first kappa shape index (κ1) is 15.2. The molecule has 0 saturated carbocycles. The number of carboxylic acids is 1. The van der Waals surface area contributed by atoms with Gasteiger partial charge in [0.15, 0.2) is 0 Å². The summed E-state index contributed by atoms with van der Waals surface area (Å²) in [6.07, 6.45) is 1.19. The molecule has 1 amide bonds. The quantitative estimate of drug-likeness (QED) is 0.864. The normalized spacial score (nSPS) is 10.8. The number of nitrogens with one attached hydrogen (secondary N) is 1. The second-order valence-electron chi connectivity index (χ2n) is 4.50. The highest BCUT2D eigenvalue weighted by Gasteiger charge is 2.22. The van der Waals surface area contributed by atoms with Crippen molar-refractivity contribution in [1.29, 1.82) is 0 Å². The molecule has 7 nitrogen and oxygen atoms in total. The highest BCUT2D eigenvalue weighted by Crippen LogP contribution is 2.27. The maximum atomic E-state index is 12.5. The van der Waals surface area contributed by atoms with E-state index in [9.17, 15) is 14.4 Å². The predicted molar refractivity (Wildman–Crippen MR) is 78.8 cm³/mol. The van der Waals surface area contributed by atoms with Crippen molar-refractivity contribution in [3.8, 4) is 0 Å². The standard InChI is InChI=1S/C13H15N3O4S/c1-3-16(5-4-8(17)18)13(20)10-7(2)9-11(19)14-6-15-12(9)21-10/h6H,3-5H2,1-2H3,(H,17,18)(H,14,15,19).